The molecule has 0 bridgehead atoms. The third-order valence-electron chi connectivity index (χ3n) is 4.93. The molecule has 3 rings (SSSR count). The van der Waals surface area contributed by atoms with Gasteiger partial charge in [-0.25, -0.2) is 0 Å². The summed E-state index contributed by atoms with van der Waals surface area (Å²) in [6.45, 7) is 7.16. The van der Waals surface area contributed by atoms with E-state index in [4.69, 9.17) is 0 Å². The minimum absolute atomic E-state index is 0.422. The molecular weight excluding hydrogens is 258 g/mol. The average Bonchev–Trinajstić information content (AvgIpc) is 2.97. The van der Waals surface area contributed by atoms with Crippen molar-refractivity contribution < 1.29 is 5.11 Å². The van der Waals surface area contributed by atoms with E-state index in [2.05, 4.69) is 22.0 Å². The highest BCUT2D eigenvalue weighted by molar-refractivity contribution is 7.11. The van der Waals surface area contributed by atoms with Crippen LogP contribution in [-0.4, -0.2) is 38.9 Å². The molecule has 1 N–H and O–H groups in total. The zero-order valence-electron chi connectivity index (χ0n) is 11.8. The SMILES string of the molecule is CC[C@]1(O)CCC[C@H]2CN(Cc3nnc(C)s3)C[C@H]21. The molecule has 2 aliphatic rings. The van der Waals surface area contributed by atoms with Gasteiger partial charge in [0, 0.05) is 19.0 Å². The number of fused-ring (bicyclic) bond motifs is 1. The Morgan fingerprint density at radius 3 is 2.95 bits per heavy atom. The molecule has 1 saturated heterocycles. The second-order valence-corrected chi connectivity index (χ2v) is 7.39. The quantitative estimate of drug-likeness (QED) is 0.923. The molecule has 2 fully saturated rings. The van der Waals surface area contributed by atoms with Crippen molar-refractivity contribution in [1.82, 2.24) is 15.1 Å². The molecule has 0 spiro atoms. The van der Waals surface area contributed by atoms with Crippen LogP contribution in [0.25, 0.3) is 0 Å². The molecule has 0 unspecified atom stereocenters. The summed E-state index contributed by atoms with van der Waals surface area (Å²) in [4.78, 5) is 2.46. The summed E-state index contributed by atoms with van der Waals surface area (Å²) in [5, 5.41) is 21.2. The van der Waals surface area contributed by atoms with E-state index in [0.29, 0.717) is 11.8 Å². The fraction of sp³-hybridized carbons (Fsp3) is 0.857. The Morgan fingerprint density at radius 1 is 1.42 bits per heavy atom. The highest BCUT2D eigenvalue weighted by Crippen LogP contribution is 2.44. The highest BCUT2D eigenvalue weighted by Gasteiger charge is 2.47. The predicted molar refractivity (Wildman–Crippen MR) is 76.0 cm³/mol. The molecular formula is C14H23N3OS. The Kier molecular flexibility index (Phi) is 3.62. The van der Waals surface area contributed by atoms with E-state index in [-0.39, 0.29) is 0 Å². The van der Waals surface area contributed by atoms with Gasteiger partial charge < -0.3 is 5.11 Å². The van der Waals surface area contributed by atoms with Crippen molar-refractivity contribution in [1.29, 1.82) is 0 Å². The van der Waals surface area contributed by atoms with Crippen molar-refractivity contribution >= 4 is 11.3 Å². The summed E-state index contributed by atoms with van der Waals surface area (Å²) < 4.78 is 0. The van der Waals surface area contributed by atoms with Crippen LogP contribution in [0.15, 0.2) is 0 Å². The van der Waals surface area contributed by atoms with Gasteiger partial charge in [-0.15, -0.1) is 21.5 Å². The van der Waals surface area contributed by atoms with Crippen LogP contribution in [0.3, 0.4) is 0 Å². The molecule has 0 amide bonds. The number of aliphatic hydroxyl groups is 1. The van der Waals surface area contributed by atoms with Crippen molar-refractivity contribution in [2.24, 2.45) is 11.8 Å². The molecule has 106 valence electrons. The first-order chi connectivity index (χ1) is 9.10. The lowest BCUT2D eigenvalue weighted by Gasteiger charge is -2.40. The molecule has 3 atom stereocenters. The van der Waals surface area contributed by atoms with E-state index in [9.17, 15) is 5.11 Å². The van der Waals surface area contributed by atoms with Gasteiger partial charge >= 0.3 is 0 Å². The fourth-order valence-corrected chi connectivity index (χ4v) is 4.63. The zero-order chi connectivity index (χ0) is 13.5. The highest BCUT2D eigenvalue weighted by atomic mass is 32.1. The Labute approximate surface area is 118 Å². The van der Waals surface area contributed by atoms with Gasteiger partial charge in [-0.2, -0.15) is 0 Å². The van der Waals surface area contributed by atoms with E-state index in [1.165, 1.54) is 12.8 Å². The first-order valence-electron chi connectivity index (χ1n) is 7.34. The Balaban J connectivity index is 1.68. The van der Waals surface area contributed by atoms with E-state index in [1.807, 2.05) is 6.92 Å². The number of rotatable bonds is 3. The summed E-state index contributed by atoms with van der Waals surface area (Å²) in [6.07, 6.45) is 4.33. The summed E-state index contributed by atoms with van der Waals surface area (Å²) >= 11 is 1.69. The van der Waals surface area contributed by atoms with Gasteiger partial charge in [-0.1, -0.05) is 13.3 Å². The van der Waals surface area contributed by atoms with Crippen LogP contribution in [0.4, 0.5) is 0 Å². The number of nitrogens with zero attached hydrogens (tertiary/aromatic N) is 3. The van der Waals surface area contributed by atoms with E-state index >= 15 is 0 Å². The van der Waals surface area contributed by atoms with Crippen LogP contribution in [0, 0.1) is 18.8 Å². The zero-order valence-corrected chi connectivity index (χ0v) is 12.6. The van der Waals surface area contributed by atoms with E-state index in [0.717, 1.165) is 42.5 Å². The first-order valence-corrected chi connectivity index (χ1v) is 8.16. The molecule has 1 aromatic heterocycles. The van der Waals surface area contributed by atoms with Crippen molar-refractivity contribution in [2.45, 2.75) is 51.7 Å². The number of hydrogen-bond acceptors (Lipinski definition) is 5. The van der Waals surface area contributed by atoms with Crippen molar-refractivity contribution in [2.75, 3.05) is 13.1 Å². The van der Waals surface area contributed by atoms with Crippen molar-refractivity contribution in [3.63, 3.8) is 0 Å². The molecule has 1 saturated carbocycles. The maximum Gasteiger partial charge on any atom is 0.131 e. The lowest BCUT2D eigenvalue weighted by atomic mass is 9.69. The van der Waals surface area contributed by atoms with Gasteiger partial charge in [-0.05, 0) is 32.1 Å². The fourth-order valence-electron chi connectivity index (χ4n) is 3.88. The van der Waals surface area contributed by atoms with Crippen LogP contribution in [-0.2, 0) is 6.54 Å². The van der Waals surface area contributed by atoms with Crippen LogP contribution in [0.1, 0.15) is 42.6 Å². The molecule has 1 aliphatic carbocycles. The van der Waals surface area contributed by atoms with Crippen LogP contribution < -0.4 is 0 Å². The molecule has 4 nitrogen and oxygen atoms in total. The normalized spacial score (nSPS) is 35.5. The molecule has 1 aromatic rings. The van der Waals surface area contributed by atoms with Crippen LogP contribution in [0.2, 0.25) is 0 Å². The molecule has 0 radical (unpaired) electrons. The molecule has 1 aliphatic heterocycles. The van der Waals surface area contributed by atoms with Crippen LogP contribution in [0.5, 0.6) is 0 Å². The maximum atomic E-state index is 10.8. The van der Waals surface area contributed by atoms with Gasteiger partial charge in [0.1, 0.15) is 10.0 Å². The second-order valence-electron chi connectivity index (χ2n) is 6.12. The third kappa shape index (κ3) is 2.56. The first kappa shape index (κ1) is 13.5. The lowest BCUT2D eigenvalue weighted by molar-refractivity contribution is -0.0613. The Hall–Kier alpha value is -0.520. The number of hydrogen-bond donors (Lipinski definition) is 1. The van der Waals surface area contributed by atoms with Crippen molar-refractivity contribution in [3.8, 4) is 0 Å². The van der Waals surface area contributed by atoms with Gasteiger partial charge in [-0.3, -0.25) is 4.90 Å². The predicted octanol–water partition coefficient (Wildman–Crippen LogP) is 2.22. The minimum Gasteiger partial charge on any atom is -0.390 e. The van der Waals surface area contributed by atoms with Gasteiger partial charge in [0.2, 0.25) is 0 Å². The summed E-state index contributed by atoms with van der Waals surface area (Å²) in [6, 6.07) is 0. The Morgan fingerprint density at radius 2 is 2.26 bits per heavy atom. The summed E-state index contributed by atoms with van der Waals surface area (Å²) in [7, 11) is 0. The number of likely N-dealkylation sites (tertiary alicyclic amines) is 1. The average molecular weight is 281 g/mol. The summed E-state index contributed by atoms with van der Waals surface area (Å²) in [5.41, 5.74) is -0.422. The van der Waals surface area contributed by atoms with Crippen molar-refractivity contribution in [3.05, 3.63) is 10.0 Å². The van der Waals surface area contributed by atoms with Gasteiger partial charge in [0.05, 0.1) is 12.1 Å². The van der Waals surface area contributed by atoms with E-state index in [1.54, 1.807) is 11.3 Å². The molecule has 5 heteroatoms. The monoisotopic (exact) mass is 281 g/mol. The van der Waals surface area contributed by atoms with Gasteiger partial charge in [0.15, 0.2) is 0 Å². The lowest BCUT2D eigenvalue weighted by Crippen LogP contribution is -2.44. The number of aryl methyl sites for hydroxylation is 1. The maximum absolute atomic E-state index is 10.8. The summed E-state index contributed by atoms with van der Waals surface area (Å²) in [5.74, 6) is 1.13. The van der Waals surface area contributed by atoms with E-state index < -0.39 is 5.60 Å². The minimum atomic E-state index is -0.422. The Bertz CT molecular complexity index is 450. The molecule has 2 heterocycles. The topological polar surface area (TPSA) is 49.2 Å². The van der Waals surface area contributed by atoms with Crippen LogP contribution >= 0.6 is 11.3 Å². The molecule has 0 aromatic carbocycles. The van der Waals surface area contributed by atoms with Gasteiger partial charge in [0.25, 0.3) is 0 Å². The second kappa shape index (κ2) is 5.11. The largest absolute Gasteiger partial charge is 0.390 e. The standard InChI is InChI=1S/C14H23N3OS/c1-3-14(18)6-4-5-11-7-17(8-12(11)14)9-13-16-15-10(2)19-13/h11-12,18H,3-9H2,1-2H3/t11-,12+,14-/m0/s1. The number of aromatic nitrogens is 2. The smallest absolute Gasteiger partial charge is 0.131 e. The molecule has 19 heavy (non-hydrogen) atoms. The third-order valence-corrected chi connectivity index (χ3v) is 5.75.